The molecule has 0 fully saturated rings. The van der Waals surface area contributed by atoms with E-state index in [0.29, 0.717) is 6.61 Å². The van der Waals surface area contributed by atoms with E-state index in [-0.39, 0.29) is 12.3 Å². The zero-order chi connectivity index (χ0) is 18.5. The number of halogens is 1. The molecule has 1 amide bonds. The highest BCUT2D eigenvalue weighted by Gasteiger charge is 2.29. The Labute approximate surface area is 149 Å². The first-order valence-electron chi connectivity index (χ1n) is 8.17. The Morgan fingerprint density at radius 2 is 1.96 bits per heavy atom. The summed E-state index contributed by atoms with van der Waals surface area (Å²) < 4.78 is 23.8. The number of benzene rings is 2. The van der Waals surface area contributed by atoms with Gasteiger partial charge in [0, 0.05) is 0 Å². The average molecular weight is 359 g/mol. The fraction of sp³-hybridized carbons (Fsp3) is 0.263. The van der Waals surface area contributed by atoms with E-state index in [4.69, 9.17) is 9.47 Å². The van der Waals surface area contributed by atoms with Gasteiger partial charge in [0.25, 0.3) is 5.91 Å². The number of carboxylic acids is 1. The minimum atomic E-state index is -1.30. The smallest absolute Gasteiger partial charge is 0.346 e. The van der Waals surface area contributed by atoms with E-state index < -0.39 is 29.9 Å². The highest BCUT2D eigenvalue weighted by atomic mass is 19.1. The summed E-state index contributed by atoms with van der Waals surface area (Å²) in [5.74, 6) is -1.91. The number of nitrogens with one attached hydrogen (secondary N) is 1. The number of carbonyl (C=O) groups excluding carboxylic acids is 1. The highest BCUT2D eigenvalue weighted by molar-refractivity contribution is 5.83. The summed E-state index contributed by atoms with van der Waals surface area (Å²) in [6.07, 6.45) is -1.35. The topological polar surface area (TPSA) is 84.9 Å². The Balaban J connectivity index is 1.63. The molecule has 0 bridgehead atoms. The van der Waals surface area contributed by atoms with Crippen LogP contribution in [0.4, 0.5) is 4.39 Å². The Kier molecular flexibility index (Phi) is 5.48. The molecule has 1 aliphatic heterocycles. The van der Waals surface area contributed by atoms with Crippen LogP contribution in [0.15, 0.2) is 48.5 Å². The Bertz CT molecular complexity index is 793. The number of carbonyl (C=O) groups is 2. The van der Waals surface area contributed by atoms with Crippen LogP contribution >= 0.6 is 0 Å². The normalized spacial score (nSPS) is 17.0. The summed E-state index contributed by atoms with van der Waals surface area (Å²) in [4.78, 5) is 23.8. The maximum Gasteiger partial charge on any atom is 0.346 e. The lowest BCUT2D eigenvalue weighted by Crippen LogP contribution is -2.43. The number of amides is 1. The molecule has 0 radical (unpaired) electrons. The summed E-state index contributed by atoms with van der Waals surface area (Å²) >= 11 is 0. The second-order valence-electron chi connectivity index (χ2n) is 5.84. The molecule has 26 heavy (non-hydrogen) atoms. The lowest BCUT2D eigenvalue weighted by molar-refractivity contribution is -0.145. The fourth-order valence-corrected chi connectivity index (χ4v) is 2.75. The number of fused-ring (bicyclic) bond motifs is 1. The summed E-state index contributed by atoms with van der Waals surface area (Å²) in [5, 5.41) is 11.9. The van der Waals surface area contributed by atoms with Gasteiger partial charge in [0.2, 0.25) is 6.10 Å². The molecule has 2 unspecified atom stereocenters. The molecule has 6 nitrogen and oxygen atoms in total. The van der Waals surface area contributed by atoms with E-state index >= 15 is 0 Å². The van der Waals surface area contributed by atoms with Gasteiger partial charge in [-0.2, -0.15) is 0 Å². The minimum absolute atomic E-state index is 0.201. The third kappa shape index (κ3) is 4.18. The van der Waals surface area contributed by atoms with Crippen LogP contribution in [0, 0.1) is 5.82 Å². The van der Waals surface area contributed by atoms with Crippen LogP contribution in [0.3, 0.4) is 0 Å². The second-order valence-corrected chi connectivity index (χ2v) is 5.84. The first-order chi connectivity index (χ1) is 12.5. The van der Waals surface area contributed by atoms with Gasteiger partial charge < -0.3 is 19.9 Å². The molecule has 2 N–H and O–H groups in total. The van der Waals surface area contributed by atoms with Crippen molar-refractivity contribution in [3.05, 3.63) is 65.5 Å². The Morgan fingerprint density at radius 1 is 1.23 bits per heavy atom. The first kappa shape index (κ1) is 17.9. The predicted molar refractivity (Wildman–Crippen MR) is 90.3 cm³/mol. The van der Waals surface area contributed by atoms with Crippen molar-refractivity contribution in [1.29, 1.82) is 0 Å². The standard InChI is InChI=1S/C19H18FNO5/c20-13-5-7-14(8-6-13)26-16(19(23)24)11-21-18(22)17-15-4-2-1-3-12(15)9-10-25-17/h1-8,16-17H,9-11H2,(H,21,22)(H,23,24). The van der Waals surface area contributed by atoms with Crippen LogP contribution in [0.5, 0.6) is 5.75 Å². The largest absolute Gasteiger partial charge is 0.478 e. The van der Waals surface area contributed by atoms with Gasteiger partial charge in [0.05, 0.1) is 13.2 Å². The summed E-state index contributed by atoms with van der Waals surface area (Å²) in [5.41, 5.74) is 1.82. The summed E-state index contributed by atoms with van der Waals surface area (Å²) in [6, 6.07) is 12.5. The first-order valence-corrected chi connectivity index (χ1v) is 8.17. The molecular weight excluding hydrogens is 341 g/mol. The third-order valence-electron chi connectivity index (χ3n) is 4.06. The molecule has 2 aromatic rings. The van der Waals surface area contributed by atoms with Gasteiger partial charge in [-0.1, -0.05) is 24.3 Å². The van der Waals surface area contributed by atoms with E-state index in [2.05, 4.69) is 5.32 Å². The number of rotatable bonds is 6. The van der Waals surface area contributed by atoms with Crippen molar-refractivity contribution in [1.82, 2.24) is 5.32 Å². The predicted octanol–water partition coefficient (Wildman–Crippen LogP) is 2.09. The molecule has 7 heteroatoms. The zero-order valence-electron chi connectivity index (χ0n) is 13.9. The van der Waals surface area contributed by atoms with Gasteiger partial charge in [-0.15, -0.1) is 0 Å². The van der Waals surface area contributed by atoms with E-state index in [1.165, 1.54) is 24.3 Å². The summed E-state index contributed by atoms with van der Waals surface area (Å²) in [6.45, 7) is 0.178. The maximum absolute atomic E-state index is 12.9. The molecule has 2 aromatic carbocycles. The van der Waals surface area contributed by atoms with Crippen molar-refractivity contribution < 1.29 is 28.6 Å². The van der Waals surface area contributed by atoms with Crippen LogP contribution in [0.25, 0.3) is 0 Å². The molecule has 2 atom stereocenters. The SMILES string of the molecule is O=C(O)C(CNC(=O)C1OCCc2ccccc21)Oc1ccc(F)cc1. The monoisotopic (exact) mass is 359 g/mol. The number of carboxylic acid groups (broad SMARTS) is 1. The molecule has 0 saturated carbocycles. The van der Waals surface area contributed by atoms with Crippen molar-refractivity contribution in [2.75, 3.05) is 13.2 Å². The maximum atomic E-state index is 12.9. The number of ether oxygens (including phenoxy) is 2. The van der Waals surface area contributed by atoms with Crippen LogP contribution in [0.1, 0.15) is 17.2 Å². The lowest BCUT2D eigenvalue weighted by atomic mass is 9.97. The second kappa shape index (κ2) is 7.97. The molecule has 0 aliphatic carbocycles. The van der Waals surface area contributed by atoms with Gasteiger partial charge in [0.1, 0.15) is 11.6 Å². The van der Waals surface area contributed by atoms with Crippen LogP contribution in [-0.2, 0) is 20.7 Å². The van der Waals surface area contributed by atoms with E-state index in [0.717, 1.165) is 17.5 Å². The molecule has 0 aromatic heterocycles. The van der Waals surface area contributed by atoms with Gasteiger partial charge in [-0.3, -0.25) is 4.79 Å². The quantitative estimate of drug-likeness (QED) is 0.825. The minimum Gasteiger partial charge on any atom is -0.478 e. The Morgan fingerprint density at radius 3 is 2.69 bits per heavy atom. The molecule has 136 valence electrons. The van der Waals surface area contributed by atoms with Crippen molar-refractivity contribution in [3.8, 4) is 5.75 Å². The molecule has 0 saturated heterocycles. The molecule has 0 spiro atoms. The zero-order valence-corrected chi connectivity index (χ0v) is 13.9. The summed E-state index contributed by atoms with van der Waals surface area (Å²) in [7, 11) is 0. The van der Waals surface area contributed by atoms with Crippen LogP contribution in [0.2, 0.25) is 0 Å². The Hall–Kier alpha value is -2.93. The van der Waals surface area contributed by atoms with Gasteiger partial charge in [0.15, 0.2) is 6.10 Å². The molecular formula is C19H18FNO5. The van der Waals surface area contributed by atoms with Crippen LogP contribution < -0.4 is 10.1 Å². The highest BCUT2D eigenvalue weighted by Crippen LogP contribution is 2.27. The number of hydrogen-bond acceptors (Lipinski definition) is 4. The van der Waals surface area contributed by atoms with E-state index in [9.17, 15) is 19.1 Å². The van der Waals surface area contributed by atoms with Gasteiger partial charge in [-0.25, -0.2) is 9.18 Å². The van der Waals surface area contributed by atoms with E-state index in [1.54, 1.807) is 0 Å². The van der Waals surface area contributed by atoms with Crippen LogP contribution in [-0.4, -0.2) is 36.2 Å². The van der Waals surface area contributed by atoms with Crippen molar-refractivity contribution in [2.45, 2.75) is 18.6 Å². The van der Waals surface area contributed by atoms with Crippen molar-refractivity contribution >= 4 is 11.9 Å². The fourth-order valence-electron chi connectivity index (χ4n) is 2.75. The molecule has 1 aliphatic rings. The molecule has 1 heterocycles. The van der Waals surface area contributed by atoms with Crippen molar-refractivity contribution in [3.63, 3.8) is 0 Å². The molecule has 3 rings (SSSR count). The van der Waals surface area contributed by atoms with Gasteiger partial charge >= 0.3 is 5.97 Å². The average Bonchev–Trinajstić information content (AvgIpc) is 2.65. The number of aliphatic carboxylic acids is 1. The third-order valence-corrected chi connectivity index (χ3v) is 4.06. The van der Waals surface area contributed by atoms with E-state index in [1.807, 2.05) is 24.3 Å². The van der Waals surface area contributed by atoms with Crippen molar-refractivity contribution in [2.24, 2.45) is 0 Å². The van der Waals surface area contributed by atoms with Gasteiger partial charge in [-0.05, 0) is 41.8 Å². The lowest BCUT2D eigenvalue weighted by Gasteiger charge is -2.25. The number of hydrogen-bond donors (Lipinski definition) is 2.